The summed E-state index contributed by atoms with van der Waals surface area (Å²) in [5.74, 6) is -0.680. The number of likely N-dealkylation sites (N-methyl/N-ethyl adjacent to an activating group) is 1. The van der Waals surface area contributed by atoms with Crippen molar-refractivity contribution in [3.63, 3.8) is 0 Å². The third-order valence-electron chi connectivity index (χ3n) is 4.42. The first kappa shape index (κ1) is 20.6. The quantitative estimate of drug-likeness (QED) is 0.792. The minimum absolute atomic E-state index is 0.223. The van der Waals surface area contributed by atoms with Gasteiger partial charge in [0.2, 0.25) is 0 Å². The van der Waals surface area contributed by atoms with Gasteiger partial charge in [-0.05, 0) is 39.3 Å². The smallest absolute Gasteiger partial charge is 0.331 e. The molecule has 0 saturated carbocycles. The van der Waals surface area contributed by atoms with Crippen molar-refractivity contribution in [2.24, 2.45) is 0 Å². The highest BCUT2D eigenvalue weighted by molar-refractivity contribution is 6.08. The number of esters is 1. The fourth-order valence-electron chi connectivity index (χ4n) is 2.51. The number of ether oxygens (including phenoxy) is 1. The molecule has 2 aromatic rings. The molecule has 0 bridgehead atoms. The van der Waals surface area contributed by atoms with Gasteiger partial charge in [-0.3, -0.25) is 9.78 Å². The number of hydrogen-bond donors (Lipinski definition) is 0. The lowest BCUT2D eigenvalue weighted by molar-refractivity contribution is -0.150. The Balaban J connectivity index is 0.00000151. The van der Waals surface area contributed by atoms with Crippen LogP contribution in [0.3, 0.4) is 0 Å². The minimum Gasteiger partial charge on any atom is -0.467 e. The summed E-state index contributed by atoms with van der Waals surface area (Å²) in [6, 6.07) is 7.52. The number of aromatic nitrogens is 1. The number of benzene rings is 1. The number of fused-ring (bicyclic) bond motifs is 1. The van der Waals surface area contributed by atoms with Crippen LogP contribution in [0.1, 0.15) is 49.3 Å². The Morgan fingerprint density at radius 3 is 2.24 bits per heavy atom. The molecule has 1 heterocycles. The predicted molar refractivity (Wildman–Crippen MR) is 101 cm³/mol. The Morgan fingerprint density at radius 2 is 1.68 bits per heavy atom. The molecule has 2 rings (SSSR count). The topological polar surface area (TPSA) is 59.5 Å². The van der Waals surface area contributed by atoms with Crippen molar-refractivity contribution in [3.8, 4) is 0 Å². The Hall–Kier alpha value is -2.43. The molecular formula is C20H28N2O3. The highest BCUT2D eigenvalue weighted by atomic mass is 16.5. The van der Waals surface area contributed by atoms with E-state index in [0.29, 0.717) is 5.56 Å². The van der Waals surface area contributed by atoms with Gasteiger partial charge >= 0.3 is 5.97 Å². The zero-order valence-electron chi connectivity index (χ0n) is 16.4. The zero-order valence-corrected chi connectivity index (χ0v) is 16.4. The van der Waals surface area contributed by atoms with E-state index in [9.17, 15) is 9.59 Å². The second-order valence-corrected chi connectivity index (χ2v) is 6.13. The van der Waals surface area contributed by atoms with Crippen LogP contribution in [0.25, 0.3) is 10.9 Å². The fourth-order valence-corrected chi connectivity index (χ4v) is 2.51. The summed E-state index contributed by atoms with van der Waals surface area (Å²) >= 11 is 0. The molecule has 0 aliphatic carbocycles. The summed E-state index contributed by atoms with van der Waals surface area (Å²) in [5, 5.41) is 0.785. The first-order valence-electron chi connectivity index (χ1n) is 8.44. The maximum Gasteiger partial charge on any atom is 0.331 e. The van der Waals surface area contributed by atoms with Gasteiger partial charge < -0.3 is 9.64 Å². The summed E-state index contributed by atoms with van der Waals surface area (Å²) in [5.41, 5.74) is 1.91. The van der Waals surface area contributed by atoms with E-state index in [1.165, 1.54) is 12.0 Å². The lowest BCUT2D eigenvalue weighted by atomic mass is 9.97. The Morgan fingerprint density at radius 1 is 1.12 bits per heavy atom. The van der Waals surface area contributed by atoms with Gasteiger partial charge in [0, 0.05) is 18.1 Å². The van der Waals surface area contributed by atoms with Crippen molar-refractivity contribution >= 4 is 22.8 Å². The molecule has 0 radical (unpaired) electrons. The number of carbonyl (C=O) groups excluding carboxylic acids is 2. The fraction of sp³-hybridized carbons (Fsp3) is 0.450. The minimum atomic E-state index is -1.06. The molecule has 0 aliphatic heterocycles. The van der Waals surface area contributed by atoms with Crippen LogP contribution in [0.4, 0.5) is 0 Å². The predicted octanol–water partition coefficient (Wildman–Crippen LogP) is 3.90. The first-order valence-corrected chi connectivity index (χ1v) is 8.44. The molecule has 0 spiro atoms. The van der Waals surface area contributed by atoms with Crippen LogP contribution in [0.5, 0.6) is 0 Å². The highest BCUT2D eigenvalue weighted by Crippen LogP contribution is 2.26. The second-order valence-electron chi connectivity index (χ2n) is 6.13. The number of hydrogen-bond acceptors (Lipinski definition) is 4. The van der Waals surface area contributed by atoms with Crippen molar-refractivity contribution in [1.29, 1.82) is 0 Å². The van der Waals surface area contributed by atoms with Crippen molar-refractivity contribution in [2.45, 2.75) is 47.1 Å². The van der Waals surface area contributed by atoms with E-state index in [1.807, 2.05) is 52.0 Å². The molecule has 136 valence electrons. The monoisotopic (exact) mass is 344 g/mol. The summed E-state index contributed by atoms with van der Waals surface area (Å²) in [6.45, 7) is 11.1. The van der Waals surface area contributed by atoms with Crippen LogP contribution in [-0.2, 0) is 9.53 Å². The van der Waals surface area contributed by atoms with Gasteiger partial charge in [0.05, 0.1) is 18.2 Å². The number of aryl methyl sites for hydroxylation is 1. The number of methoxy groups -OCH3 is 1. The number of nitrogens with zero attached hydrogens (tertiary/aromatic N) is 2. The molecule has 0 aliphatic rings. The van der Waals surface area contributed by atoms with E-state index in [-0.39, 0.29) is 5.91 Å². The number of amides is 1. The number of rotatable bonds is 3. The van der Waals surface area contributed by atoms with Crippen LogP contribution in [0.2, 0.25) is 0 Å². The second kappa shape index (κ2) is 8.10. The molecule has 5 nitrogen and oxygen atoms in total. The van der Waals surface area contributed by atoms with E-state index in [4.69, 9.17) is 4.74 Å². The summed E-state index contributed by atoms with van der Waals surface area (Å²) < 4.78 is 4.82. The number of carbonyl (C=O) groups is 2. The van der Waals surface area contributed by atoms with Gasteiger partial charge in [0.1, 0.15) is 5.54 Å². The maximum atomic E-state index is 13.1. The Labute approximate surface area is 150 Å². The van der Waals surface area contributed by atoms with Crippen LogP contribution in [-0.4, -0.2) is 41.5 Å². The van der Waals surface area contributed by atoms with Gasteiger partial charge in [0.15, 0.2) is 0 Å². The zero-order chi connectivity index (χ0) is 19.4. The SMILES string of the molecule is CC.COC(=O)C(C)(C)N(C)C(=O)c1c(C)c(C)nc2ccccc12. The van der Waals surface area contributed by atoms with E-state index < -0.39 is 11.5 Å². The van der Waals surface area contributed by atoms with Crippen molar-refractivity contribution in [3.05, 3.63) is 41.1 Å². The maximum absolute atomic E-state index is 13.1. The molecule has 0 fully saturated rings. The van der Waals surface area contributed by atoms with Gasteiger partial charge in [-0.2, -0.15) is 0 Å². The summed E-state index contributed by atoms with van der Waals surface area (Å²) in [7, 11) is 2.93. The molecular weight excluding hydrogens is 316 g/mol. The van der Waals surface area contributed by atoms with Gasteiger partial charge in [0.25, 0.3) is 5.91 Å². The van der Waals surface area contributed by atoms with E-state index in [2.05, 4.69) is 4.98 Å². The van der Waals surface area contributed by atoms with E-state index in [1.54, 1.807) is 20.9 Å². The molecule has 1 aromatic heterocycles. The normalized spacial score (nSPS) is 10.7. The number of pyridine rings is 1. The van der Waals surface area contributed by atoms with Crippen LogP contribution >= 0.6 is 0 Å². The van der Waals surface area contributed by atoms with Crippen molar-refractivity contribution in [2.75, 3.05) is 14.2 Å². The molecule has 5 heteroatoms. The van der Waals surface area contributed by atoms with Crippen LogP contribution in [0, 0.1) is 13.8 Å². The lowest BCUT2D eigenvalue weighted by Gasteiger charge is -2.33. The van der Waals surface area contributed by atoms with Gasteiger partial charge in [-0.1, -0.05) is 32.0 Å². The molecule has 0 saturated heterocycles. The molecule has 0 atom stereocenters. The van der Waals surface area contributed by atoms with Gasteiger partial charge in [-0.15, -0.1) is 0 Å². The standard InChI is InChI=1S/C18H22N2O3.C2H6/c1-11-12(2)19-14-10-8-7-9-13(14)15(11)16(21)20(5)18(3,4)17(22)23-6;1-2/h7-10H,1-6H3;1-2H3. The number of para-hydroxylation sites is 1. The summed E-state index contributed by atoms with van der Waals surface area (Å²) in [6.07, 6.45) is 0. The van der Waals surface area contributed by atoms with Crippen LogP contribution < -0.4 is 0 Å². The van der Waals surface area contributed by atoms with Crippen molar-refractivity contribution in [1.82, 2.24) is 9.88 Å². The largest absolute Gasteiger partial charge is 0.467 e. The third kappa shape index (κ3) is 3.81. The molecule has 0 unspecified atom stereocenters. The first-order chi connectivity index (χ1) is 11.7. The Kier molecular flexibility index (Phi) is 6.68. The van der Waals surface area contributed by atoms with E-state index >= 15 is 0 Å². The third-order valence-corrected chi connectivity index (χ3v) is 4.42. The summed E-state index contributed by atoms with van der Waals surface area (Å²) in [4.78, 5) is 31.0. The molecule has 1 aromatic carbocycles. The molecule has 1 amide bonds. The highest BCUT2D eigenvalue weighted by Gasteiger charge is 2.37. The lowest BCUT2D eigenvalue weighted by Crippen LogP contribution is -2.51. The molecule has 25 heavy (non-hydrogen) atoms. The van der Waals surface area contributed by atoms with Crippen LogP contribution in [0.15, 0.2) is 24.3 Å². The average Bonchev–Trinajstić information content (AvgIpc) is 2.62. The van der Waals surface area contributed by atoms with Crippen molar-refractivity contribution < 1.29 is 14.3 Å². The molecule has 0 N–H and O–H groups in total. The average molecular weight is 344 g/mol. The Bertz CT molecular complexity index is 782. The van der Waals surface area contributed by atoms with Gasteiger partial charge in [-0.25, -0.2) is 4.79 Å². The van der Waals surface area contributed by atoms with E-state index in [0.717, 1.165) is 22.2 Å².